The van der Waals surface area contributed by atoms with E-state index in [1.807, 2.05) is 16.8 Å². The van der Waals surface area contributed by atoms with Crippen LogP contribution < -0.4 is 19.9 Å². The molecule has 1 saturated heterocycles. The van der Waals surface area contributed by atoms with Crippen molar-refractivity contribution in [3.63, 3.8) is 0 Å². The Balaban J connectivity index is 1.88. The molecule has 1 fully saturated rings. The highest BCUT2D eigenvalue weighted by molar-refractivity contribution is 5.89. The van der Waals surface area contributed by atoms with Crippen LogP contribution in [0.3, 0.4) is 0 Å². The van der Waals surface area contributed by atoms with Crippen LogP contribution in [-0.4, -0.2) is 50.7 Å². The number of nitrogens with zero attached hydrogens (tertiary/aromatic N) is 2. The molecule has 0 N–H and O–H groups in total. The zero-order valence-electron chi connectivity index (χ0n) is 19.3. The minimum absolute atomic E-state index is 0.0196. The monoisotopic (exact) mass is 442 g/mol. The lowest BCUT2D eigenvalue weighted by Crippen LogP contribution is -2.50. The van der Waals surface area contributed by atoms with Gasteiger partial charge in [0, 0.05) is 38.0 Å². The number of benzene rings is 1. The highest BCUT2D eigenvalue weighted by Gasteiger charge is 2.45. The van der Waals surface area contributed by atoms with E-state index in [0.29, 0.717) is 30.4 Å². The van der Waals surface area contributed by atoms with Crippen molar-refractivity contribution in [2.24, 2.45) is 0 Å². The average Bonchev–Trinajstić information content (AvgIpc) is 3.10. The maximum Gasteiger partial charge on any atom is 0.343 e. The molecule has 3 heterocycles. The molecule has 0 radical (unpaired) electrons. The fraction of sp³-hybridized carbons (Fsp3) is 0.500. The van der Waals surface area contributed by atoms with Crippen LogP contribution in [0, 0.1) is 0 Å². The summed E-state index contributed by atoms with van der Waals surface area (Å²) in [7, 11) is 4.55. The Morgan fingerprint density at radius 1 is 1.12 bits per heavy atom. The molecule has 8 nitrogen and oxygen atoms in total. The summed E-state index contributed by atoms with van der Waals surface area (Å²) in [6, 6.07) is 5.54. The van der Waals surface area contributed by atoms with Gasteiger partial charge in [-0.25, -0.2) is 4.79 Å². The summed E-state index contributed by atoms with van der Waals surface area (Å²) in [5.41, 5.74) is 2.18. The number of rotatable bonds is 7. The third kappa shape index (κ3) is 3.62. The van der Waals surface area contributed by atoms with Crippen LogP contribution >= 0.6 is 0 Å². The Morgan fingerprint density at radius 3 is 2.59 bits per heavy atom. The van der Waals surface area contributed by atoms with E-state index >= 15 is 0 Å². The van der Waals surface area contributed by atoms with Crippen molar-refractivity contribution in [1.29, 1.82) is 0 Å². The fourth-order valence-electron chi connectivity index (χ4n) is 4.77. The second-order valence-corrected chi connectivity index (χ2v) is 8.77. The molecule has 0 aliphatic carbocycles. The zero-order valence-corrected chi connectivity index (χ0v) is 19.3. The van der Waals surface area contributed by atoms with Gasteiger partial charge >= 0.3 is 5.97 Å². The number of fused-ring (bicyclic) bond motifs is 6. The van der Waals surface area contributed by atoms with Crippen LogP contribution in [0.25, 0.3) is 11.3 Å². The van der Waals surface area contributed by atoms with E-state index < -0.39 is 5.97 Å². The molecule has 0 amide bonds. The largest absolute Gasteiger partial charge is 0.493 e. The van der Waals surface area contributed by atoms with Gasteiger partial charge in [0.1, 0.15) is 5.56 Å². The number of ether oxygens (including phenoxy) is 4. The van der Waals surface area contributed by atoms with Crippen LogP contribution in [-0.2, 0) is 9.47 Å². The van der Waals surface area contributed by atoms with Crippen LogP contribution in [0.1, 0.15) is 55.1 Å². The summed E-state index contributed by atoms with van der Waals surface area (Å²) in [6.07, 6.45) is 4.28. The molecule has 2 aliphatic heterocycles. The van der Waals surface area contributed by atoms with E-state index in [1.54, 1.807) is 20.4 Å². The molecule has 4 rings (SSSR count). The maximum absolute atomic E-state index is 12.8. The number of methoxy groups -OCH3 is 3. The first-order chi connectivity index (χ1) is 15.3. The zero-order chi connectivity index (χ0) is 23.0. The third-order valence-electron chi connectivity index (χ3n) is 6.34. The molecular weight excluding hydrogens is 412 g/mol. The van der Waals surface area contributed by atoms with Gasteiger partial charge in [-0.1, -0.05) is 0 Å². The molecule has 0 bridgehead atoms. The molecule has 172 valence electrons. The molecule has 2 aromatic rings. The lowest BCUT2D eigenvalue weighted by Gasteiger charge is -2.44. The molecule has 32 heavy (non-hydrogen) atoms. The highest BCUT2D eigenvalue weighted by atomic mass is 16.5. The lowest BCUT2D eigenvalue weighted by atomic mass is 9.93. The van der Waals surface area contributed by atoms with E-state index in [1.165, 1.54) is 13.2 Å². The summed E-state index contributed by atoms with van der Waals surface area (Å²) in [6.45, 7) is 5.48. The first-order valence-corrected chi connectivity index (χ1v) is 10.8. The van der Waals surface area contributed by atoms with E-state index in [4.69, 9.17) is 18.9 Å². The topological polar surface area (TPSA) is 79.2 Å². The molecule has 0 saturated carbocycles. The number of pyridine rings is 1. The van der Waals surface area contributed by atoms with Gasteiger partial charge in [0.25, 0.3) is 0 Å². The van der Waals surface area contributed by atoms with Gasteiger partial charge in [0.2, 0.25) is 0 Å². The molecule has 8 heteroatoms. The Kier molecular flexibility index (Phi) is 5.90. The Hall–Kier alpha value is -3.00. The number of hydrogen-bond donors (Lipinski definition) is 0. The van der Waals surface area contributed by atoms with Gasteiger partial charge in [0.05, 0.1) is 38.1 Å². The summed E-state index contributed by atoms with van der Waals surface area (Å²) in [4.78, 5) is 25.0. The summed E-state index contributed by atoms with van der Waals surface area (Å²) < 4.78 is 23.5. The SMILES string of the molecule is COCCCOc1cc2c(cc1OC)-c1cc(=O)c(C(=O)OC)cn1N1C2CCC1(C)C. The Morgan fingerprint density at radius 2 is 1.91 bits per heavy atom. The van der Waals surface area contributed by atoms with E-state index in [0.717, 1.165) is 30.4 Å². The van der Waals surface area contributed by atoms with Gasteiger partial charge < -0.3 is 18.9 Å². The first kappa shape index (κ1) is 22.2. The summed E-state index contributed by atoms with van der Waals surface area (Å²) in [5, 5.41) is 2.25. The van der Waals surface area contributed by atoms with Crippen molar-refractivity contribution in [3.05, 3.63) is 45.7 Å². The van der Waals surface area contributed by atoms with Crippen molar-refractivity contribution < 1.29 is 23.7 Å². The van der Waals surface area contributed by atoms with Crippen LogP contribution in [0.15, 0.2) is 29.2 Å². The Labute approximate surface area is 187 Å². The number of aromatic nitrogens is 1. The van der Waals surface area contributed by atoms with Crippen molar-refractivity contribution >= 4 is 5.97 Å². The van der Waals surface area contributed by atoms with Gasteiger partial charge in [-0.05, 0) is 44.4 Å². The number of hydrogen-bond acceptors (Lipinski definition) is 7. The number of carbonyl (C=O) groups is 1. The lowest BCUT2D eigenvalue weighted by molar-refractivity contribution is 0.0598. The number of carbonyl (C=O) groups excluding carboxylic acids is 1. The molecule has 1 unspecified atom stereocenters. The van der Waals surface area contributed by atoms with E-state index in [9.17, 15) is 9.59 Å². The predicted octanol–water partition coefficient (Wildman–Crippen LogP) is 3.29. The molecule has 0 spiro atoms. The van der Waals surface area contributed by atoms with Crippen molar-refractivity contribution in [1.82, 2.24) is 4.68 Å². The van der Waals surface area contributed by atoms with Crippen LogP contribution in [0.5, 0.6) is 11.5 Å². The Bertz CT molecular complexity index is 1090. The summed E-state index contributed by atoms with van der Waals surface area (Å²) >= 11 is 0. The van der Waals surface area contributed by atoms with Gasteiger partial charge in [-0.2, -0.15) is 0 Å². The second kappa shape index (κ2) is 8.50. The smallest absolute Gasteiger partial charge is 0.343 e. The minimum atomic E-state index is -0.637. The minimum Gasteiger partial charge on any atom is -0.493 e. The fourth-order valence-corrected chi connectivity index (χ4v) is 4.77. The van der Waals surface area contributed by atoms with Crippen molar-refractivity contribution in [3.8, 4) is 22.8 Å². The number of esters is 1. The van der Waals surface area contributed by atoms with E-state index in [2.05, 4.69) is 18.9 Å². The third-order valence-corrected chi connectivity index (χ3v) is 6.34. The maximum atomic E-state index is 12.8. The van der Waals surface area contributed by atoms with Crippen molar-refractivity contribution in [2.45, 2.75) is 44.7 Å². The summed E-state index contributed by atoms with van der Waals surface area (Å²) in [5.74, 6) is 0.638. The van der Waals surface area contributed by atoms with Crippen LogP contribution in [0.4, 0.5) is 0 Å². The average molecular weight is 443 g/mol. The van der Waals surface area contributed by atoms with Gasteiger partial charge in [-0.3, -0.25) is 14.5 Å². The van der Waals surface area contributed by atoms with Gasteiger partial charge in [0.15, 0.2) is 16.9 Å². The van der Waals surface area contributed by atoms with Crippen molar-refractivity contribution in [2.75, 3.05) is 39.6 Å². The molecule has 1 aromatic heterocycles. The van der Waals surface area contributed by atoms with E-state index in [-0.39, 0.29) is 22.6 Å². The predicted molar refractivity (Wildman–Crippen MR) is 120 cm³/mol. The molecular formula is C24H30N2O6. The quantitative estimate of drug-likeness (QED) is 0.481. The first-order valence-electron chi connectivity index (χ1n) is 10.8. The standard InChI is InChI=1S/C24H30N2O6/c1-24(2)8-7-18-15-12-22(32-10-6-9-29-3)21(30-4)11-16(15)19-13-20(27)17(23(28)31-5)14-25(19)26(18)24/h11-14,18H,6-10H2,1-5H3. The highest BCUT2D eigenvalue weighted by Crippen LogP contribution is 2.50. The normalized spacial score (nSPS) is 17.9. The molecule has 2 aliphatic rings. The van der Waals surface area contributed by atoms with Gasteiger partial charge in [-0.15, -0.1) is 0 Å². The molecule has 1 atom stereocenters. The van der Waals surface area contributed by atoms with Crippen LogP contribution in [0.2, 0.25) is 0 Å². The molecule has 1 aromatic carbocycles. The second-order valence-electron chi connectivity index (χ2n) is 8.77.